The Balaban J connectivity index is 1.51. The van der Waals surface area contributed by atoms with Crippen LogP contribution in [-0.2, 0) is 14.3 Å². The minimum Gasteiger partial charge on any atom is -0.466 e. The maximum absolute atomic E-state index is 12.3. The number of ether oxygens (including phenoxy) is 2. The molecule has 1 atom stereocenters. The molecule has 1 unspecified atom stereocenters. The first-order valence-electron chi connectivity index (χ1n) is 10.00. The van der Waals surface area contributed by atoms with E-state index in [9.17, 15) is 14.7 Å². The van der Waals surface area contributed by atoms with E-state index in [-0.39, 0.29) is 24.3 Å². The monoisotopic (exact) mass is 420 g/mol. The van der Waals surface area contributed by atoms with E-state index in [4.69, 9.17) is 20.4 Å². The molecular formula is C20H28N4O6. The largest absolute Gasteiger partial charge is 0.466 e. The van der Waals surface area contributed by atoms with Gasteiger partial charge < -0.3 is 25.5 Å². The van der Waals surface area contributed by atoms with Gasteiger partial charge >= 0.3 is 12.1 Å². The zero-order valence-corrected chi connectivity index (χ0v) is 17.0. The third-order valence-corrected chi connectivity index (χ3v) is 5.48. The Kier molecular flexibility index (Phi) is 6.78. The van der Waals surface area contributed by atoms with Crippen molar-refractivity contribution >= 4 is 23.6 Å². The van der Waals surface area contributed by atoms with Gasteiger partial charge in [-0.15, -0.1) is 0 Å². The number of anilines is 1. The van der Waals surface area contributed by atoms with Crippen LogP contribution < -0.4 is 10.6 Å². The number of carbonyl (C=O) groups excluding carboxylic acids is 2. The van der Waals surface area contributed by atoms with Crippen LogP contribution in [0, 0.1) is 0 Å². The van der Waals surface area contributed by atoms with Gasteiger partial charge in [-0.2, -0.15) is 0 Å². The number of benzene rings is 1. The fraction of sp³-hybridized carbons (Fsp3) is 0.550. The number of esters is 1. The average Bonchev–Trinajstić information content (AvgIpc) is 3.09. The van der Waals surface area contributed by atoms with E-state index < -0.39 is 11.7 Å². The molecule has 2 aliphatic heterocycles. The lowest BCUT2D eigenvalue weighted by molar-refractivity contribution is -0.150. The zero-order chi connectivity index (χ0) is 21.7. The van der Waals surface area contributed by atoms with Crippen LogP contribution in [0.5, 0.6) is 0 Å². The molecule has 30 heavy (non-hydrogen) atoms. The van der Waals surface area contributed by atoms with Crippen LogP contribution in [0.4, 0.5) is 10.5 Å². The number of hydrogen-bond donors (Lipinski definition) is 3. The molecule has 1 aromatic rings. The summed E-state index contributed by atoms with van der Waals surface area (Å²) in [6, 6.07) is 6.76. The topological polar surface area (TPSA) is 138 Å². The minimum atomic E-state index is -1.04. The van der Waals surface area contributed by atoms with Crippen molar-refractivity contribution in [3.8, 4) is 0 Å². The Morgan fingerprint density at radius 3 is 2.60 bits per heavy atom. The molecule has 0 aromatic heterocycles. The van der Waals surface area contributed by atoms with E-state index in [2.05, 4.69) is 10.1 Å². The van der Waals surface area contributed by atoms with E-state index >= 15 is 0 Å². The van der Waals surface area contributed by atoms with Crippen molar-refractivity contribution in [3.63, 3.8) is 0 Å². The number of aliphatic hydroxyl groups is 1. The van der Waals surface area contributed by atoms with E-state index in [1.807, 2.05) is 0 Å². The van der Waals surface area contributed by atoms with Crippen molar-refractivity contribution in [2.45, 2.75) is 37.9 Å². The number of amides is 1. The van der Waals surface area contributed by atoms with Crippen LogP contribution in [0.15, 0.2) is 29.4 Å². The van der Waals surface area contributed by atoms with Gasteiger partial charge in [0.25, 0.3) is 0 Å². The number of hydrogen-bond acceptors (Lipinski definition) is 8. The van der Waals surface area contributed by atoms with Crippen molar-refractivity contribution in [3.05, 3.63) is 29.8 Å². The Labute approximate surface area is 174 Å². The standard InChI is InChI=1S/C20H28N4O6/c1-2-29-17(25)11-20(27)7-9-23(10-8-20)12-16-13-24(19(26)30-16)15-5-3-14(4-6-15)18(21)22-28/h3-6,16,27-28H,2,7-13H2,1H3,(H2,21,22). The highest BCUT2D eigenvalue weighted by Crippen LogP contribution is 2.28. The van der Waals surface area contributed by atoms with Gasteiger partial charge in [0.1, 0.15) is 6.10 Å². The van der Waals surface area contributed by atoms with Gasteiger partial charge in [-0.1, -0.05) is 5.16 Å². The molecule has 2 heterocycles. The molecule has 0 radical (unpaired) electrons. The molecule has 3 rings (SSSR count). The van der Waals surface area contributed by atoms with Crippen molar-refractivity contribution < 1.29 is 29.4 Å². The van der Waals surface area contributed by atoms with Crippen LogP contribution in [0.3, 0.4) is 0 Å². The molecular weight excluding hydrogens is 392 g/mol. The number of likely N-dealkylation sites (tertiary alicyclic amines) is 1. The Morgan fingerprint density at radius 1 is 1.33 bits per heavy atom. The summed E-state index contributed by atoms with van der Waals surface area (Å²) < 4.78 is 10.4. The Hall–Kier alpha value is -2.85. The molecule has 0 bridgehead atoms. The number of piperidine rings is 1. The van der Waals surface area contributed by atoms with E-state index in [1.54, 1.807) is 36.1 Å². The van der Waals surface area contributed by atoms with Crippen LogP contribution in [0.1, 0.15) is 31.7 Å². The number of nitrogens with two attached hydrogens (primary N) is 1. The number of amidine groups is 1. The minimum absolute atomic E-state index is 0.00235. The lowest BCUT2D eigenvalue weighted by Gasteiger charge is -2.38. The fourth-order valence-corrected chi connectivity index (χ4v) is 3.79. The summed E-state index contributed by atoms with van der Waals surface area (Å²) in [5.41, 5.74) is 5.73. The summed E-state index contributed by atoms with van der Waals surface area (Å²) in [5.74, 6) is -0.386. The third kappa shape index (κ3) is 5.19. The molecule has 0 aliphatic carbocycles. The van der Waals surface area contributed by atoms with Crippen molar-refractivity contribution in [2.75, 3.05) is 37.7 Å². The highest BCUT2D eigenvalue weighted by molar-refractivity contribution is 5.98. The predicted molar refractivity (Wildman–Crippen MR) is 108 cm³/mol. The molecule has 4 N–H and O–H groups in total. The maximum Gasteiger partial charge on any atom is 0.414 e. The smallest absolute Gasteiger partial charge is 0.414 e. The molecule has 0 saturated carbocycles. The molecule has 10 nitrogen and oxygen atoms in total. The summed E-state index contributed by atoms with van der Waals surface area (Å²) in [6.45, 7) is 4.22. The molecule has 1 aromatic carbocycles. The summed E-state index contributed by atoms with van der Waals surface area (Å²) in [5, 5.41) is 22.3. The van der Waals surface area contributed by atoms with Crippen LogP contribution >= 0.6 is 0 Å². The lowest BCUT2D eigenvalue weighted by atomic mass is 9.88. The average molecular weight is 420 g/mol. The molecule has 2 saturated heterocycles. The van der Waals surface area contributed by atoms with E-state index in [0.29, 0.717) is 56.9 Å². The van der Waals surface area contributed by atoms with Crippen LogP contribution in [-0.4, -0.2) is 77.6 Å². The van der Waals surface area contributed by atoms with E-state index in [1.165, 1.54) is 0 Å². The number of cyclic esters (lactones) is 1. The molecule has 0 spiro atoms. The zero-order valence-electron chi connectivity index (χ0n) is 17.0. The lowest BCUT2D eigenvalue weighted by Crippen LogP contribution is -2.48. The molecule has 2 aliphatic rings. The SMILES string of the molecule is CCOC(=O)CC1(O)CCN(CC2CN(c3ccc(/C(N)=N/O)cc3)C(=O)O2)CC1. The Bertz CT molecular complexity index is 789. The van der Waals surface area contributed by atoms with Gasteiger partial charge in [-0.25, -0.2) is 4.79 Å². The summed E-state index contributed by atoms with van der Waals surface area (Å²) in [7, 11) is 0. The molecule has 2 fully saturated rings. The summed E-state index contributed by atoms with van der Waals surface area (Å²) in [4.78, 5) is 27.6. The first-order chi connectivity index (χ1) is 14.3. The second-order valence-electron chi connectivity index (χ2n) is 7.66. The third-order valence-electron chi connectivity index (χ3n) is 5.48. The number of rotatable bonds is 7. The maximum atomic E-state index is 12.3. The van der Waals surface area contributed by atoms with Crippen LogP contribution in [0.25, 0.3) is 0 Å². The first-order valence-corrected chi connectivity index (χ1v) is 10.00. The summed E-state index contributed by atoms with van der Waals surface area (Å²) in [6.07, 6.45) is 0.212. The van der Waals surface area contributed by atoms with Gasteiger partial charge in [-0.3, -0.25) is 14.6 Å². The summed E-state index contributed by atoms with van der Waals surface area (Å²) >= 11 is 0. The van der Waals surface area contributed by atoms with E-state index in [0.717, 1.165) is 0 Å². The fourth-order valence-electron chi connectivity index (χ4n) is 3.79. The number of nitrogens with zero attached hydrogens (tertiary/aromatic N) is 3. The Morgan fingerprint density at radius 2 is 2.00 bits per heavy atom. The van der Waals surface area contributed by atoms with Crippen molar-refractivity contribution in [2.24, 2.45) is 10.9 Å². The molecule has 164 valence electrons. The van der Waals surface area contributed by atoms with Gasteiger partial charge in [0, 0.05) is 30.9 Å². The normalized spacial score (nSPS) is 22.1. The van der Waals surface area contributed by atoms with Gasteiger partial charge in [-0.05, 0) is 44.0 Å². The molecule has 1 amide bonds. The van der Waals surface area contributed by atoms with Gasteiger partial charge in [0.15, 0.2) is 5.84 Å². The predicted octanol–water partition coefficient (Wildman–Crippen LogP) is 0.886. The van der Waals surface area contributed by atoms with Crippen molar-refractivity contribution in [1.29, 1.82) is 0 Å². The quantitative estimate of drug-likeness (QED) is 0.194. The number of carbonyl (C=O) groups is 2. The van der Waals surface area contributed by atoms with Crippen LogP contribution in [0.2, 0.25) is 0 Å². The highest BCUT2D eigenvalue weighted by Gasteiger charge is 2.38. The van der Waals surface area contributed by atoms with Gasteiger partial charge in [0.05, 0.1) is 25.2 Å². The second-order valence-corrected chi connectivity index (χ2v) is 7.66. The second kappa shape index (κ2) is 9.31. The first kappa shape index (κ1) is 21.8. The number of oxime groups is 1. The van der Waals surface area contributed by atoms with Crippen molar-refractivity contribution in [1.82, 2.24) is 4.90 Å². The van der Waals surface area contributed by atoms with Gasteiger partial charge in [0.2, 0.25) is 0 Å². The highest BCUT2D eigenvalue weighted by atomic mass is 16.6. The molecule has 10 heteroatoms.